The van der Waals surface area contributed by atoms with Crippen LogP contribution in [0, 0.1) is 0 Å². The Labute approximate surface area is 111 Å². The van der Waals surface area contributed by atoms with E-state index in [1.165, 1.54) is 0 Å². The Morgan fingerprint density at radius 3 is 2.94 bits per heavy atom. The van der Waals surface area contributed by atoms with E-state index in [2.05, 4.69) is 28.2 Å². The first kappa shape index (κ1) is 14.0. The first-order chi connectivity index (χ1) is 8.11. The summed E-state index contributed by atoms with van der Waals surface area (Å²) >= 11 is 3.44. The van der Waals surface area contributed by atoms with Gasteiger partial charge in [0.25, 0.3) is 0 Å². The fourth-order valence-electron chi connectivity index (χ4n) is 1.44. The highest BCUT2D eigenvalue weighted by Crippen LogP contribution is 2.12. The standard InChI is InChI=1S/C13H18BrNO2/c1-10(14)6-7-15-13(16)9-11-4-3-5-12(8-11)17-2/h3-5,8,10H,6-7,9H2,1-2H3,(H,15,16). The van der Waals surface area contributed by atoms with Crippen LogP contribution in [0.4, 0.5) is 0 Å². The lowest BCUT2D eigenvalue weighted by atomic mass is 10.1. The molecule has 0 aliphatic carbocycles. The van der Waals surface area contributed by atoms with Crippen LogP contribution < -0.4 is 10.1 Å². The van der Waals surface area contributed by atoms with Crippen molar-refractivity contribution in [2.45, 2.75) is 24.6 Å². The zero-order valence-corrected chi connectivity index (χ0v) is 11.8. The average molecular weight is 300 g/mol. The second-order valence-corrected chi connectivity index (χ2v) is 5.51. The van der Waals surface area contributed by atoms with Crippen molar-refractivity contribution in [2.24, 2.45) is 0 Å². The van der Waals surface area contributed by atoms with E-state index >= 15 is 0 Å². The van der Waals surface area contributed by atoms with Crippen molar-refractivity contribution in [3.8, 4) is 5.75 Å². The van der Waals surface area contributed by atoms with Gasteiger partial charge in [0.05, 0.1) is 13.5 Å². The van der Waals surface area contributed by atoms with Crippen LogP contribution in [0.5, 0.6) is 5.75 Å². The minimum absolute atomic E-state index is 0.0476. The maximum atomic E-state index is 11.6. The van der Waals surface area contributed by atoms with Crippen LogP contribution in [0.1, 0.15) is 18.9 Å². The molecule has 0 saturated carbocycles. The molecule has 1 rings (SSSR count). The molecule has 0 fully saturated rings. The molecule has 0 aliphatic rings. The Morgan fingerprint density at radius 1 is 1.53 bits per heavy atom. The Bertz CT molecular complexity index is 366. The van der Waals surface area contributed by atoms with Crippen LogP contribution in [-0.4, -0.2) is 24.4 Å². The first-order valence-corrected chi connectivity index (χ1v) is 6.57. The smallest absolute Gasteiger partial charge is 0.224 e. The third-order valence-corrected chi connectivity index (χ3v) is 2.82. The van der Waals surface area contributed by atoms with Gasteiger partial charge in [-0.25, -0.2) is 0 Å². The third-order valence-electron chi connectivity index (χ3n) is 2.36. The second kappa shape index (κ2) is 7.33. The molecular formula is C13H18BrNO2. The van der Waals surface area contributed by atoms with Gasteiger partial charge in [-0.05, 0) is 24.1 Å². The molecule has 0 aliphatic heterocycles. The molecule has 0 saturated heterocycles. The lowest BCUT2D eigenvalue weighted by molar-refractivity contribution is -0.120. The maximum Gasteiger partial charge on any atom is 0.224 e. The van der Waals surface area contributed by atoms with Crippen molar-refractivity contribution >= 4 is 21.8 Å². The van der Waals surface area contributed by atoms with Crippen LogP contribution in [0.15, 0.2) is 24.3 Å². The van der Waals surface area contributed by atoms with Gasteiger partial charge in [-0.15, -0.1) is 0 Å². The molecule has 0 radical (unpaired) electrons. The van der Waals surface area contributed by atoms with Gasteiger partial charge in [0, 0.05) is 11.4 Å². The van der Waals surface area contributed by atoms with E-state index in [4.69, 9.17) is 4.74 Å². The molecule has 1 atom stereocenters. The van der Waals surface area contributed by atoms with E-state index in [-0.39, 0.29) is 5.91 Å². The van der Waals surface area contributed by atoms with Gasteiger partial charge in [-0.3, -0.25) is 4.79 Å². The molecule has 4 heteroatoms. The number of benzene rings is 1. The van der Waals surface area contributed by atoms with Crippen molar-refractivity contribution in [3.05, 3.63) is 29.8 Å². The number of ether oxygens (including phenoxy) is 1. The van der Waals surface area contributed by atoms with E-state index in [9.17, 15) is 4.79 Å². The van der Waals surface area contributed by atoms with Crippen molar-refractivity contribution in [1.82, 2.24) is 5.32 Å². The fourth-order valence-corrected chi connectivity index (χ4v) is 1.67. The van der Waals surface area contributed by atoms with Gasteiger partial charge < -0.3 is 10.1 Å². The molecule has 3 nitrogen and oxygen atoms in total. The van der Waals surface area contributed by atoms with Gasteiger partial charge in [-0.1, -0.05) is 35.0 Å². The van der Waals surface area contributed by atoms with Gasteiger partial charge >= 0.3 is 0 Å². The molecule has 0 aromatic heterocycles. The number of hydrogen-bond acceptors (Lipinski definition) is 2. The number of nitrogens with one attached hydrogen (secondary N) is 1. The summed E-state index contributed by atoms with van der Waals surface area (Å²) in [7, 11) is 1.62. The molecule has 1 aromatic rings. The number of rotatable bonds is 6. The van der Waals surface area contributed by atoms with E-state index in [0.29, 0.717) is 17.8 Å². The topological polar surface area (TPSA) is 38.3 Å². The minimum Gasteiger partial charge on any atom is -0.497 e. The summed E-state index contributed by atoms with van der Waals surface area (Å²) in [5, 5.41) is 2.89. The molecule has 94 valence electrons. The Hall–Kier alpha value is -1.03. The van der Waals surface area contributed by atoms with Gasteiger partial charge in [0.2, 0.25) is 5.91 Å². The summed E-state index contributed by atoms with van der Waals surface area (Å²) in [6, 6.07) is 7.57. The molecule has 0 heterocycles. The minimum atomic E-state index is 0.0476. The van der Waals surface area contributed by atoms with E-state index in [1.54, 1.807) is 7.11 Å². The summed E-state index contributed by atoms with van der Waals surface area (Å²) in [5.41, 5.74) is 0.966. The van der Waals surface area contributed by atoms with Gasteiger partial charge in [0.1, 0.15) is 5.75 Å². The van der Waals surface area contributed by atoms with Crippen molar-refractivity contribution in [3.63, 3.8) is 0 Å². The van der Waals surface area contributed by atoms with Crippen molar-refractivity contribution in [2.75, 3.05) is 13.7 Å². The third kappa shape index (κ3) is 5.73. The molecule has 1 N–H and O–H groups in total. The van der Waals surface area contributed by atoms with E-state index in [0.717, 1.165) is 17.7 Å². The van der Waals surface area contributed by atoms with Crippen LogP contribution in [0.2, 0.25) is 0 Å². The molecule has 0 bridgehead atoms. The number of carbonyl (C=O) groups is 1. The highest BCUT2D eigenvalue weighted by molar-refractivity contribution is 9.09. The molecule has 1 amide bonds. The molecule has 1 unspecified atom stereocenters. The monoisotopic (exact) mass is 299 g/mol. The number of alkyl halides is 1. The molecular weight excluding hydrogens is 282 g/mol. The van der Waals surface area contributed by atoms with Gasteiger partial charge in [0.15, 0.2) is 0 Å². The summed E-state index contributed by atoms with van der Waals surface area (Å²) < 4.78 is 5.11. The molecule has 17 heavy (non-hydrogen) atoms. The summed E-state index contributed by atoms with van der Waals surface area (Å²) in [5.74, 6) is 0.829. The van der Waals surface area contributed by atoms with E-state index in [1.807, 2.05) is 24.3 Å². The van der Waals surface area contributed by atoms with Crippen LogP contribution in [-0.2, 0) is 11.2 Å². The summed E-state index contributed by atoms with van der Waals surface area (Å²) in [6.07, 6.45) is 1.33. The number of carbonyl (C=O) groups excluding carboxylic acids is 1. The molecule has 0 spiro atoms. The second-order valence-electron chi connectivity index (χ2n) is 3.95. The largest absolute Gasteiger partial charge is 0.497 e. The summed E-state index contributed by atoms with van der Waals surface area (Å²) in [4.78, 5) is 12.1. The first-order valence-electron chi connectivity index (χ1n) is 5.65. The lowest BCUT2D eigenvalue weighted by Crippen LogP contribution is -2.27. The van der Waals surface area contributed by atoms with Crippen molar-refractivity contribution in [1.29, 1.82) is 0 Å². The highest BCUT2D eigenvalue weighted by Gasteiger charge is 2.04. The number of amides is 1. The average Bonchev–Trinajstić information content (AvgIpc) is 2.28. The van der Waals surface area contributed by atoms with Crippen LogP contribution >= 0.6 is 15.9 Å². The Morgan fingerprint density at radius 2 is 2.29 bits per heavy atom. The highest BCUT2D eigenvalue weighted by atomic mass is 79.9. The SMILES string of the molecule is COc1cccc(CC(=O)NCCC(C)Br)c1. The van der Waals surface area contributed by atoms with Crippen LogP contribution in [0.25, 0.3) is 0 Å². The predicted molar refractivity (Wildman–Crippen MR) is 72.7 cm³/mol. The quantitative estimate of drug-likeness (QED) is 0.820. The Kier molecular flexibility index (Phi) is 6.05. The predicted octanol–water partition coefficient (Wildman–Crippen LogP) is 2.53. The Balaban J connectivity index is 2.39. The van der Waals surface area contributed by atoms with Gasteiger partial charge in [-0.2, -0.15) is 0 Å². The number of hydrogen-bond donors (Lipinski definition) is 1. The fraction of sp³-hybridized carbons (Fsp3) is 0.462. The summed E-state index contributed by atoms with van der Waals surface area (Å²) in [6.45, 7) is 2.77. The normalized spacial score (nSPS) is 11.9. The van der Waals surface area contributed by atoms with Crippen molar-refractivity contribution < 1.29 is 9.53 Å². The molecule has 1 aromatic carbocycles. The van der Waals surface area contributed by atoms with Crippen LogP contribution in [0.3, 0.4) is 0 Å². The maximum absolute atomic E-state index is 11.6. The zero-order valence-electron chi connectivity index (χ0n) is 10.2. The number of methoxy groups -OCH3 is 1. The van der Waals surface area contributed by atoms with E-state index < -0.39 is 0 Å². The lowest BCUT2D eigenvalue weighted by Gasteiger charge is -2.07. The number of halogens is 1. The zero-order chi connectivity index (χ0) is 12.7.